The number of carbonyl (C=O) groups is 1. The van der Waals surface area contributed by atoms with Crippen molar-refractivity contribution in [1.29, 1.82) is 0 Å². The second-order valence-corrected chi connectivity index (χ2v) is 11.9. The summed E-state index contributed by atoms with van der Waals surface area (Å²) in [5.41, 5.74) is 2.19. The minimum atomic E-state index is -3.39. The number of likely N-dealkylation sites (N-methyl/N-ethyl adjacent to an activating group) is 1. The number of nitrogens with zero attached hydrogens (tertiary/aromatic N) is 3. The average Bonchev–Trinajstić information content (AvgIpc) is 3.11. The molecule has 1 aromatic heterocycles. The van der Waals surface area contributed by atoms with Gasteiger partial charge in [-0.25, -0.2) is 13.4 Å². The maximum atomic E-state index is 13.4. The largest absolute Gasteiger partial charge is 0.308 e. The molecule has 32 heavy (non-hydrogen) atoms. The normalized spacial score (nSPS) is 11.8. The molecule has 1 heterocycles. The summed E-state index contributed by atoms with van der Waals surface area (Å²) >= 11 is 7.61. The quantitative estimate of drug-likeness (QED) is 0.439. The van der Waals surface area contributed by atoms with E-state index in [0.717, 1.165) is 15.8 Å². The van der Waals surface area contributed by atoms with Gasteiger partial charge in [0.1, 0.15) is 0 Å². The molecule has 0 unspecified atom stereocenters. The van der Waals surface area contributed by atoms with Crippen molar-refractivity contribution in [2.24, 2.45) is 0 Å². The smallest absolute Gasteiger partial charge is 0.260 e. The number of rotatable bonds is 7. The molecule has 0 aliphatic heterocycles. The van der Waals surface area contributed by atoms with Gasteiger partial charge in [0.15, 0.2) is 15.0 Å². The molecule has 0 atom stereocenters. The molecule has 10 heteroatoms. The van der Waals surface area contributed by atoms with Gasteiger partial charge in [-0.2, -0.15) is 0 Å². The molecule has 1 amide bonds. The monoisotopic (exact) mass is 515 g/mol. The predicted octanol–water partition coefficient (Wildman–Crippen LogP) is 5.07. The van der Waals surface area contributed by atoms with Crippen molar-refractivity contribution in [3.05, 3.63) is 52.5 Å². The van der Waals surface area contributed by atoms with Crippen LogP contribution in [0.25, 0.3) is 10.2 Å². The molecular weight excluding hydrogens is 489 g/mol. The molecule has 0 saturated heterocycles. The Kier molecular flexibility index (Phi) is 8.69. The fourth-order valence-corrected chi connectivity index (χ4v) is 5.56. The van der Waals surface area contributed by atoms with Crippen LogP contribution in [0.4, 0.5) is 5.13 Å². The molecule has 0 saturated carbocycles. The second-order valence-electron chi connectivity index (χ2n) is 7.94. The predicted molar refractivity (Wildman–Crippen MR) is 136 cm³/mol. The topological polar surface area (TPSA) is 70.6 Å². The van der Waals surface area contributed by atoms with Gasteiger partial charge in [0.25, 0.3) is 5.91 Å². The van der Waals surface area contributed by atoms with E-state index in [1.165, 1.54) is 23.5 Å². The lowest BCUT2D eigenvalue weighted by molar-refractivity contribution is 0.0985. The van der Waals surface area contributed by atoms with Crippen LogP contribution in [0.3, 0.4) is 0 Å². The van der Waals surface area contributed by atoms with Gasteiger partial charge in [0.05, 0.1) is 20.4 Å². The van der Waals surface area contributed by atoms with Crippen LogP contribution >= 0.6 is 35.3 Å². The number of carbonyl (C=O) groups excluding carboxylic acids is 1. The molecule has 0 bridgehead atoms. The standard InChI is InChI=1S/C22H26ClN3O3S2.ClH/c1-14(2)31(28,29)18-8-6-16(7-9-18)21(27)26(11-10-25(4)5)22-24-20-15(3)12-17(23)13-19(20)30-22;/h6-9,12-14H,10-11H2,1-5H3;1H. The van der Waals surface area contributed by atoms with E-state index >= 15 is 0 Å². The lowest BCUT2D eigenvalue weighted by atomic mass is 10.2. The van der Waals surface area contributed by atoms with Crippen LogP contribution < -0.4 is 4.90 Å². The first kappa shape index (κ1) is 26.5. The first-order valence-corrected chi connectivity index (χ1v) is 12.6. The zero-order chi connectivity index (χ0) is 22.9. The van der Waals surface area contributed by atoms with Crippen molar-refractivity contribution in [1.82, 2.24) is 9.88 Å². The number of benzene rings is 2. The van der Waals surface area contributed by atoms with Crippen LogP contribution in [0.1, 0.15) is 29.8 Å². The second kappa shape index (κ2) is 10.5. The molecule has 6 nitrogen and oxygen atoms in total. The van der Waals surface area contributed by atoms with Gasteiger partial charge in [-0.05, 0) is 76.8 Å². The summed E-state index contributed by atoms with van der Waals surface area (Å²) in [6.07, 6.45) is 0. The highest BCUT2D eigenvalue weighted by Gasteiger charge is 2.24. The highest BCUT2D eigenvalue weighted by atomic mass is 35.5. The Morgan fingerprint density at radius 3 is 2.31 bits per heavy atom. The minimum Gasteiger partial charge on any atom is -0.308 e. The van der Waals surface area contributed by atoms with E-state index in [1.54, 1.807) is 30.9 Å². The summed E-state index contributed by atoms with van der Waals surface area (Å²) in [7, 11) is 0.488. The SMILES string of the molecule is Cc1cc(Cl)cc2sc(N(CCN(C)C)C(=O)c3ccc(S(=O)(=O)C(C)C)cc3)nc12.Cl. The number of sulfone groups is 1. The third-order valence-corrected chi connectivity index (χ3v) is 8.35. The van der Waals surface area contributed by atoms with Gasteiger partial charge in [-0.15, -0.1) is 12.4 Å². The van der Waals surface area contributed by atoms with Crippen molar-refractivity contribution in [2.75, 3.05) is 32.1 Å². The number of aromatic nitrogens is 1. The fourth-order valence-electron chi connectivity index (χ4n) is 3.06. The number of amides is 1. The number of aryl methyl sites for hydroxylation is 1. The molecule has 0 fully saturated rings. The number of halogens is 2. The molecule has 0 radical (unpaired) electrons. The molecule has 0 aliphatic rings. The Morgan fingerprint density at radius 1 is 1.12 bits per heavy atom. The Bertz CT molecular complexity index is 1210. The van der Waals surface area contributed by atoms with Gasteiger partial charge in [0.2, 0.25) is 0 Å². The molecular formula is C22H27Cl2N3O3S2. The number of fused-ring (bicyclic) bond motifs is 1. The fraction of sp³-hybridized carbons (Fsp3) is 0.364. The maximum Gasteiger partial charge on any atom is 0.260 e. The van der Waals surface area contributed by atoms with E-state index in [9.17, 15) is 13.2 Å². The Morgan fingerprint density at radius 2 is 1.75 bits per heavy atom. The summed E-state index contributed by atoms with van der Waals surface area (Å²) in [4.78, 5) is 21.9. The van der Waals surface area contributed by atoms with E-state index in [1.807, 2.05) is 38.1 Å². The third-order valence-electron chi connectivity index (χ3n) is 4.94. The van der Waals surface area contributed by atoms with Crippen LogP contribution in [-0.4, -0.2) is 56.6 Å². The van der Waals surface area contributed by atoms with E-state index < -0.39 is 15.1 Å². The number of anilines is 1. The summed E-state index contributed by atoms with van der Waals surface area (Å²) in [5.74, 6) is -0.224. The summed E-state index contributed by atoms with van der Waals surface area (Å²) in [6.45, 7) is 6.32. The maximum absolute atomic E-state index is 13.4. The van der Waals surface area contributed by atoms with Gasteiger partial charge < -0.3 is 4.90 Å². The zero-order valence-corrected chi connectivity index (χ0v) is 21.8. The molecule has 3 rings (SSSR count). The molecule has 0 N–H and O–H groups in total. The van der Waals surface area contributed by atoms with Crippen LogP contribution in [0.2, 0.25) is 5.02 Å². The van der Waals surface area contributed by atoms with Gasteiger partial charge in [-0.1, -0.05) is 22.9 Å². The molecule has 2 aromatic carbocycles. The van der Waals surface area contributed by atoms with E-state index in [4.69, 9.17) is 16.6 Å². The van der Waals surface area contributed by atoms with Crippen LogP contribution in [0, 0.1) is 6.92 Å². The van der Waals surface area contributed by atoms with E-state index in [2.05, 4.69) is 0 Å². The van der Waals surface area contributed by atoms with E-state index in [-0.39, 0.29) is 23.2 Å². The highest BCUT2D eigenvalue weighted by Crippen LogP contribution is 2.33. The lowest BCUT2D eigenvalue weighted by Gasteiger charge is -2.22. The number of hydrogen-bond acceptors (Lipinski definition) is 6. The highest BCUT2D eigenvalue weighted by molar-refractivity contribution is 7.92. The van der Waals surface area contributed by atoms with E-state index in [0.29, 0.717) is 28.8 Å². The van der Waals surface area contributed by atoms with Gasteiger partial charge >= 0.3 is 0 Å². The molecule has 0 spiro atoms. The van der Waals surface area contributed by atoms with Crippen LogP contribution in [0.15, 0.2) is 41.3 Å². The molecule has 0 aliphatic carbocycles. The molecule has 3 aromatic rings. The van der Waals surface area contributed by atoms with Crippen molar-refractivity contribution >= 4 is 66.4 Å². The van der Waals surface area contributed by atoms with Crippen LogP contribution in [-0.2, 0) is 9.84 Å². The third kappa shape index (κ3) is 5.61. The first-order valence-electron chi connectivity index (χ1n) is 9.88. The van der Waals surface area contributed by atoms with Crippen molar-refractivity contribution in [2.45, 2.75) is 30.9 Å². The first-order chi connectivity index (χ1) is 14.5. The van der Waals surface area contributed by atoms with Crippen molar-refractivity contribution < 1.29 is 13.2 Å². The van der Waals surface area contributed by atoms with Crippen molar-refractivity contribution in [3.8, 4) is 0 Å². The van der Waals surface area contributed by atoms with Crippen LogP contribution in [0.5, 0.6) is 0 Å². The van der Waals surface area contributed by atoms with Gasteiger partial charge in [-0.3, -0.25) is 9.69 Å². The Hall–Kier alpha value is -1.71. The lowest BCUT2D eigenvalue weighted by Crippen LogP contribution is -2.36. The minimum absolute atomic E-state index is 0. The summed E-state index contributed by atoms with van der Waals surface area (Å²) in [6, 6.07) is 9.83. The molecule has 174 valence electrons. The summed E-state index contributed by atoms with van der Waals surface area (Å²) in [5, 5.41) is 0.697. The van der Waals surface area contributed by atoms with Crippen molar-refractivity contribution in [3.63, 3.8) is 0 Å². The van der Waals surface area contributed by atoms with Gasteiger partial charge in [0, 0.05) is 23.7 Å². The number of hydrogen-bond donors (Lipinski definition) is 0. The Labute approximate surface area is 204 Å². The Balaban J connectivity index is 0.00000363. The zero-order valence-electron chi connectivity index (χ0n) is 18.6. The summed E-state index contributed by atoms with van der Waals surface area (Å²) < 4.78 is 25.7. The average molecular weight is 517 g/mol. The number of thiazole rings is 1.